The third kappa shape index (κ3) is 3.26. The Morgan fingerprint density at radius 3 is 2.75 bits per heavy atom. The monoisotopic (exact) mass is 288 g/mol. The van der Waals surface area contributed by atoms with Crippen LogP contribution in [0, 0.1) is 5.92 Å². The fraction of sp³-hybridized carbons (Fsp3) is 0.600. The Bertz CT molecular complexity index is 459. The molecule has 112 valence electrons. The number of ether oxygens (including phenoxy) is 1. The first-order chi connectivity index (χ1) is 9.35. The van der Waals surface area contributed by atoms with Gasteiger partial charge in [0.05, 0.1) is 5.60 Å². The molecule has 1 aromatic carbocycles. The van der Waals surface area contributed by atoms with Crippen LogP contribution in [0.4, 0.5) is 13.2 Å². The maximum Gasteiger partial charge on any atom is 0.573 e. The smallest absolute Gasteiger partial charge is 0.406 e. The maximum absolute atomic E-state index is 12.3. The summed E-state index contributed by atoms with van der Waals surface area (Å²) in [4.78, 5) is 0. The van der Waals surface area contributed by atoms with Gasteiger partial charge in [-0.15, -0.1) is 13.2 Å². The average Bonchev–Trinajstić information content (AvgIpc) is 2.37. The van der Waals surface area contributed by atoms with Crippen molar-refractivity contribution in [2.45, 2.75) is 51.0 Å². The molecular formula is C15H19F3O2. The van der Waals surface area contributed by atoms with Crippen LogP contribution in [-0.2, 0) is 5.60 Å². The molecule has 1 fully saturated rings. The lowest BCUT2D eigenvalue weighted by Crippen LogP contribution is -2.37. The van der Waals surface area contributed by atoms with Crippen molar-refractivity contribution in [1.82, 2.24) is 0 Å². The van der Waals surface area contributed by atoms with Gasteiger partial charge in [-0.05, 0) is 36.5 Å². The van der Waals surface area contributed by atoms with Gasteiger partial charge in [-0.2, -0.15) is 0 Å². The first-order valence-corrected chi connectivity index (χ1v) is 6.94. The molecule has 5 heteroatoms. The van der Waals surface area contributed by atoms with E-state index in [1.807, 2.05) is 6.92 Å². The third-order valence-electron chi connectivity index (χ3n) is 4.10. The van der Waals surface area contributed by atoms with E-state index < -0.39 is 12.0 Å². The molecular weight excluding hydrogens is 269 g/mol. The van der Waals surface area contributed by atoms with Crippen LogP contribution in [0.5, 0.6) is 5.75 Å². The molecule has 20 heavy (non-hydrogen) atoms. The molecule has 0 spiro atoms. The molecule has 1 aromatic rings. The van der Waals surface area contributed by atoms with E-state index in [2.05, 4.69) is 4.74 Å². The standard InChI is InChI=1S/C15H19F3O2/c1-2-11-6-3-4-9-14(11,19)12-7-5-8-13(10-12)20-15(16,17)18/h5,7-8,10-11,19H,2-4,6,9H2,1H3. The molecule has 0 amide bonds. The van der Waals surface area contributed by atoms with Crippen molar-refractivity contribution < 1.29 is 23.0 Å². The van der Waals surface area contributed by atoms with Gasteiger partial charge in [0.25, 0.3) is 0 Å². The number of aliphatic hydroxyl groups is 1. The predicted octanol–water partition coefficient (Wildman–Crippen LogP) is 4.37. The first-order valence-electron chi connectivity index (χ1n) is 6.94. The highest BCUT2D eigenvalue weighted by Gasteiger charge is 2.40. The summed E-state index contributed by atoms with van der Waals surface area (Å²) in [5.41, 5.74) is -0.524. The summed E-state index contributed by atoms with van der Waals surface area (Å²) < 4.78 is 40.7. The molecule has 0 aromatic heterocycles. The van der Waals surface area contributed by atoms with Crippen molar-refractivity contribution in [2.24, 2.45) is 5.92 Å². The lowest BCUT2D eigenvalue weighted by atomic mass is 9.70. The number of hydrogen-bond acceptors (Lipinski definition) is 2. The Morgan fingerprint density at radius 1 is 1.35 bits per heavy atom. The molecule has 2 nitrogen and oxygen atoms in total. The summed E-state index contributed by atoms with van der Waals surface area (Å²) in [6.07, 6.45) is -0.478. The maximum atomic E-state index is 12.3. The van der Waals surface area contributed by atoms with E-state index in [0.29, 0.717) is 12.0 Å². The van der Waals surface area contributed by atoms with Crippen molar-refractivity contribution >= 4 is 0 Å². The van der Waals surface area contributed by atoms with Gasteiger partial charge in [0.15, 0.2) is 0 Å². The quantitative estimate of drug-likeness (QED) is 0.894. The van der Waals surface area contributed by atoms with Crippen LogP contribution >= 0.6 is 0 Å². The van der Waals surface area contributed by atoms with Crippen molar-refractivity contribution in [3.63, 3.8) is 0 Å². The lowest BCUT2D eigenvalue weighted by Gasteiger charge is -2.40. The van der Waals surface area contributed by atoms with E-state index in [9.17, 15) is 18.3 Å². The van der Waals surface area contributed by atoms with Crippen LogP contribution < -0.4 is 4.74 Å². The van der Waals surface area contributed by atoms with Crippen LogP contribution in [0.25, 0.3) is 0 Å². The van der Waals surface area contributed by atoms with E-state index in [1.165, 1.54) is 18.2 Å². The number of hydrogen-bond donors (Lipinski definition) is 1. The second-order valence-electron chi connectivity index (χ2n) is 5.35. The fourth-order valence-corrected chi connectivity index (χ4v) is 3.11. The van der Waals surface area contributed by atoms with E-state index in [1.54, 1.807) is 6.07 Å². The Balaban J connectivity index is 2.29. The van der Waals surface area contributed by atoms with Gasteiger partial charge in [0.1, 0.15) is 5.75 Å². The van der Waals surface area contributed by atoms with Crippen LogP contribution in [0.2, 0.25) is 0 Å². The summed E-state index contributed by atoms with van der Waals surface area (Å²) in [5.74, 6) is -0.193. The Labute approximate surface area is 116 Å². The Hall–Kier alpha value is -1.23. The SMILES string of the molecule is CCC1CCCCC1(O)c1cccc(OC(F)(F)F)c1. The van der Waals surface area contributed by atoms with Gasteiger partial charge >= 0.3 is 6.36 Å². The zero-order valence-electron chi connectivity index (χ0n) is 11.4. The van der Waals surface area contributed by atoms with Gasteiger partial charge < -0.3 is 9.84 Å². The molecule has 1 aliphatic carbocycles. The zero-order valence-corrected chi connectivity index (χ0v) is 11.4. The highest BCUT2D eigenvalue weighted by molar-refractivity contribution is 5.33. The van der Waals surface area contributed by atoms with E-state index >= 15 is 0 Å². The van der Waals surface area contributed by atoms with Crippen molar-refractivity contribution in [2.75, 3.05) is 0 Å². The minimum atomic E-state index is -4.71. The predicted molar refractivity (Wildman–Crippen MR) is 69.3 cm³/mol. The molecule has 2 unspecified atom stereocenters. The van der Waals surface area contributed by atoms with Crippen LogP contribution in [0.3, 0.4) is 0 Å². The minimum Gasteiger partial charge on any atom is -0.406 e. The molecule has 0 radical (unpaired) electrons. The summed E-state index contributed by atoms with van der Waals surface area (Å²) in [6.45, 7) is 2.00. The van der Waals surface area contributed by atoms with Gasteiger partial charge in [-0.25, -0.2) is 0 Å². The average molecular weight is 288 g/mol. The second kappa shape index (κ2) is 5.64. The topological polar surface area (TPSA) is 29.5 Å². The van der Waals surface area contributed by atoms with Gasteiger partial charge in [0.2, 0.25) is 0 Å². The van der Waals surface area contributed by atoms with Gasteiger partial charge in [0, 0.05) is 0 Å². The van der Waals surface area contributed by atoms with Crippen LogP contribution in [-0.4, -0.2) is 11.5 Å². The number of halogens is 3. The summed E-state index contributed by atoms with van der Waals surface area (Å²) in [6, 6.07) is 5.73. The summed E-state index contributed by atoms with van der Waals surface area (Å²) in [7, 11) is 0. The molecule has 1 N–H and O–H groups in total. The third-order valence-corrected chi connectivity index (χ3v) is 4.10. The zero-order chi connectivity index (χ0) is 14.8. The van der Waals surface area contributed by atoms with Gasteiger partial charge in [-0.1, -0.05) is 38.3 Å². The molecule has 0 aliphatic heterocycles. The summed E-state index contributed by atoms with van der Waals surface area (Å²) >= 11 is 0. The summed E-state index contributed by atoms with van der Waals surface area (Å²) in [5, 5.41) is 10.9. The molecule has 2 atom stereocenters. The highest BCUT2D eigenvalue weighted by Crippen LogP contribution is 2.44. The Kier molecular flexibility index (Phi) is 4.28. The molecule has 2 rings (SSSR count). The number of alkyl halides is 3. The lowest BCUT2D eigenvalue weighted by molar-refractivity contribution is -0.274. The largest absolute Gasteiger partial charge is 0.573 e. The molecule has 0 saturated heterocycles. The second-order valence-corrected chi connectivity index (χ2v) is 5.35. The van der Waals surface area contributed by atoms with Gasteiger partial charge in [-0.3, -0.25) is 0 Å². The van der Waals surface area contributed by atoms with E-state index in [0.717, 1.165) is 25.7 Å². The van der Waals surface area contributed by atoms with Crippen molar-refractivity contribution in [3.8, 4) is 5.75 Å². The minimum absolute atomic E-state index is 0.0809. The highest BCUT2D eigenvalue weighted by atomic mass is 19.4. The van der Waals surface area contributed by atoms with E-state index in [4.69, 9.17) is 0 Å². The number of benzene rings is 1. The molecule has 0 heterocycles. The number of rotatable bonds is 3. The Morgan fingerprint density at radius 2 is 2.10 bits per heavy atom. The fourth-order valence-electron chi connectivity index (χ4n) is 3.11. The van der Waals surface area contributed by atoms with Crippen molar-refractivity contribution in [3.05, 3.63) is 29.8 Å². The first kappa shape index (κ1) is 15.2. The molecule has 0 bridgehead atoms. The normalized spacial score (nSPS) is 27.4. The molecule has 1 aliphatic rings. The van der Waals surface area contributed by atoms with E-state index in [-0.39, 0.29) is 11.7 Å². The van der Waals surface area contributed by atoms with Crippen molar-refractivity contribution in [1.29, 1.82) is 0 Å². The molecule has 1 saturated carbocycles. The van der Waals surface area contributed by atoms with Crippen LogP contribution in [0.15, 0.2) is 24.3 Å². The van der Waals surface area contributed by atoms with Crippen LogP contribution in [0.1, 0.15) is 44.6 Å².